The Morgan fingerprint density at radius 3 is 2.79 bits per heavy atom. The lowest BCUT2D eigenvalue weighted by molar-refractivity contribution is -0.145. The van der Waals surface area contributed by atoms with Crippen LogP contribution in [0.3, 0.4) is 0 Å². The lowest BCUT2D eigenvalue weighted by Gasteiger charge is -2.28. The lowest BCUT2D eigenvalue weighted by atomic mass is 10.0. The first-order valence-electron chi connectivity index (χ1n) is 7.41. The molecule has 0 atom stereocenters. The minimum Gasteiger partial charge on any atom is -0.303 e. The van der Waals surface area contributed by atoms with Gasteiger partial charge in [0.2, 0.25) is 5.82 Å². The molecule has 0 saturated carbocycles. The quantitative estimate of drug-likeness (QED) is 0.855. The molecule has 8 heteroatoms. The third-order valence-corrected chi connectivity index (χ3v) is 4.19. The predicted molar refractivity (Wildman–Crippen MR) is 78.8 cm³/mol. The zero-order valence-corrected chi connectivity index (χ0v) is 12.9. The lowest BCUT2D eigenvalue weighted by Crippen LogP contribution is -2.36. The highest BCUT2D eigenvalue weighted by Gasteiger charge is 2.35. The van der Waals surface area contributed by atoms with Crippen molar-refractivity contribution in [2.45, 2.75) is 32.6 Å². The van der Waals surface area contributed by atoms with Crippen LogP contribution < -0.4 is 5.56 Å². The Morgan fingerprint density at radius 2 is 2.08 bits per heavy atom. The van der Waals surface area contributed by atoms with E-state index in [1.165, 1.54) is 6.07 Å². The molecule has 1 aromatic carbocycles. The van der Waals surface area contributed by atoms with Crippen LogP contribution in [0.2, 0.25) is 0 Å². The van der Waals surface area contributed by atoms with Gasteiger partial charge in [-0.3, -0.25) is 9.69 Å². The van der Waals surface area contributed by atoms with Gasteiger partial charge < -0.3 is 4.98 Å². The van der Waals surface area contributed by atoms with Crippen LogP contribution in [0.1, 0.15) is 28.2 Å². The molecule has 2 aromatic rings. The maximum Gasteiger partial charge on any atom is 0.449 e. The Morgan fingerprint density at radius 1 is 1.33 bits per heavy atom. The number of aromatic amines is 1. The zero-order chi connectivity index (χ0) is 17.5. The van der Waals surface area contributed by atoms with Crippen LogP contribution >= 0.6 is 0 Å². The van der Waals surface area contributed by atoms with Gasteiger partial charge in [0.05, 0.1) is 11.3 Å². The highest BCUT2D eigenvalue weighted by Crippen LogP contribution is 2.27. The molecular weight excluding hydrogens is 326 g/mol. The summed E-state index contributed by atoms with van der Waals surface area (Å²) in [6.07, 6.45) is -4.43. The summed E-state index contributed by atoms with van der Waals surface area (Å²) in [5.41, 5.74) is 0.965. The van der Waals surface area contributed by atoms with Gasteiger partial charge in [-0.05, 0) is 24.1 Å². The van der Waals surface area contributed by atoms with Crippen molar-refractivity contribution in [2.75, 3.05) is 6.54 Å². The molecule has 0 aliphatic carbocycles. The fraction of sp³-hybridized carbons (Fsp3) is 0.375. The van der Waals surface area contributed by atoms with Gasteiger partial charge in [-0.1, -0.05) is 12.1 Å². The van der Waals surface area contributed by atoms with Gasteiger partial charge in [0.25, 0.3) is 5.56 Å². The average molecular weight is 341 g/mol. The molecule has 1 N–H and O–H groups in total. The summed E-state index contributed by atoms with van der Waals surface area (Å²) in [5.74, 6) is -1.57. The van der Waals surface area contributed by atoms with Crippen LogP contribution in [0, 0.1) is 12.7 Å². The largest absolute Gasteiger partial charge is 0.449 e. The highest BCUT2D eigenvalue weighted by atomic mass is 19.4. The molecule has 0 unspecified atom stereocenters. The number of halogens is 4. The van der Waals surface area contributed by atoms with Gasteiger partial charge in [0, 0.05) is 26.1 Å². The SMILES string of the molecule is Cc1c(F)cccc1CN1CCc2nc(C(F)(F)F)[nH]c(=O)c2C1. The average Bonchev–Trinajstić information content (AvgIpc) is 2.51. The molecule has 128 valence electrons. The normalized spacial score (nSPS) is 15.4. The first-order chi connectivity index (χ1) is 11.3. The molecule has 1 aliphatic rings. The van der Waals surface area contributed by atoms with E-state index in [1.807, 2.05) is 4.90 Å². The third-order valence-electron chi connectivity index (χ3n) is 4.19. The number of nitrogens with one attached hydrogen (secondary N) is 1. The Bertz CT molecular complexity index is 829. The van der Waals surface area contributed by atoms with Crippen LogP contribution in [0.15, 0.2) is 23.0 Å². The first-order valence-corrected chi connectivity index (χ1v) is 7.41. The standard InChI is InChI=1S/C16H15F4N3O/c1-9-10(3-2-4-12(9)17)7-23-6-5-13-11(8-23)14(24)22-15(21-13)16(18,19)20/h2-4H,5-8H2,1H3,(H,21,22,24). The predicted octanol–water partition coefficient (Wildman–Crippen LogP) is 2.79. The Hall–Kier alpha value is -2.22. The zero-order valence-electron chi connectivity index (χ0n) is 12.9. The van der Waals surface area contributed by atoms with Crippen molar-refractivity contribution in [1.82, 2.24) is 14.9 Å². The fourth-order valence-corrected chi connectivity index (χ4v) is 2.81. The van der Waals surface area contributed by atoms with Gasteiger partial charge >= 0.3 is 6.18 Å². The van der Waals surface area contributed by atoms with Gasteiger partial charge in [-0.2, -0.15) is 13.2 Å². The number of aromatic nitrogens is 2. The van der Waals surface area contributed by atoms with Gasteiger partial charge in [-0.25, -0.2) is 9.37 Å². The number of hydrogen-bond acceptors (Lipinski definition) is 3. The molecule has 0 spiro atoms. The summed E-state index contributed by atoms with van der Waals surface area (Å²) >= 11 is 0. The second-order valence-corrected chi connectivity index (χ2v) is 5.82. The molecule has 3 rings (SSSR count). The summed E-state index contributed by atoms with van der Waals surface area (Å²) in [7, 11) is 0. The maximum absolute atomic E-state index is 13.6. The van der Waals surface area contributed by atoms with Crippen molar-refractivity contribution in [2.24, 2.45) is 0 Å². The Balaban J connectivity index is 1.85. The number of alkyl halides is 3. The van der Waals surface area contributed by atoms with Crippen LogP contribution in [-0.4, -0.2) is 21.4 Å². The van der Waals surface area contributed by atoms with E-state index in [0.29, 0.717) is 18.7 Å². The van der Waals surface area contributed by atoms with Crippen molar-refractivity contribution in [3.8, 4) is 0 Å². The molecule has 1 aliphatic heterocycles. The number of benzene rings is 1. The smallest absolute Gasteiger partial charge is 0.303 e. The van der Waals surface area contributed by atoms with Crippen molar-refractivity contribution in [3.05, 3.63) is 62.6 Å². The highest BCUT2D eigenvalue weighted by molar-refractivity contribution is 5.28. The van der Waals surface area contributed by atoms with E-state index in [-0.39, 0.29) is 30.0 Å². The number of H-pyrrole nitrogens is 1. The topological polar surface area (TPSA) is 49.0 Å². The Labute approximate surface area is 135 Å². The number of fused-ring (bicyclic) bond motifs is 1. The third kappa shape index (κ3) is 3.19. The fourth-order valence-electron chi connectivity index (χ4n) is 2.81. The summed E-state index contributed by atoms with van der Waals surface area (Å²) in [6.45, 7) is 2.73. The monoisotopic (exact) mass is 341 g/mol. The van der Waals surface area contributed by atoms with Crippen LogP contribution in [0.5, 0.6) is 0 Å². The molecule has 0 saturated heterocycles. The molecule has 0 amide bonds. The van der Waals surface area contributed by atoms with Gasteiger partial charge in [0.15, 0.2) is 0 Å². The first kappa shape index (κ1) is 16.6. The van der Waals surface area contributed by atoms with E-state index in [9.17, 15) is 22.4 Å². The van der Waals surface area contributed by atoms with Crippen molar-refractivity contribution in [3.63, 3.8) is 0 Å². The molecule has 24 heavy (non-hydrogen) atoms. The molecular formula is C16H15F4N3O. The van der Waals surface area contributed by atoms with Gasteiger partial charge in [-0.15, -0.1) is 0 Å². The molecule has 4 nitrogen and oxygen atoms in total. The van der Waals surface area contributed by atoms with E-state index in [0.717, 1.165) is 5.56 Å². The molecule has 0 fully saturated rings. The molecule has 1 aromatic heterocycles. The van der Waals surface area contributed by atoms with Crippen molar-refractivity contribution in [1.29, 1.82) is 0 Å². The van der Waals surface area contributed by atoms with Crippen molar-refractivity contribution < 1.29 is 17.6 Å². The van der Waals surface area contributed by atoms with E-state index < -0.39 is 17.6 Å². The summed E-state index contributed by atoms with van der Waals surface area (Å²) in [5, 5.41) is 0. The second-order valence-electron chi connectivity index (χ2n) is 5.82. The number of rotatable bonds is 2. The summed E-state index contributed by atoms with van der Waals surface area (Å²) < 4.78 is 51.7. The van der Waals surface area contributed by atoms with E-state index >= 15 is 0 Å². The molecule has 0 bridgehead atoms. The molecule has 2 heterocycles. The molecule has 0 radical (unpaired) electrons. The van der Waals surface area contributed by atoms with Crippen molar-refractivity contribution >= 4 is 0 Å². The maximum atomic E-state index is 13.6. The van der Waals surface area contributed by atoms with Crippen LogP contribution in [0.25, 0.3) is 0 Å². The minimum atomic E-state index is -4.68. The Kier molecular flexibility index (Phi) is 4.16. The van der Waals surface area contributed by atoms with Gasteiger partial charge in [0.1, 0.15) is 5.82 Å². The minimum absolute atomic E-state index is 0.179. The van der Waals surface area contributed by atoms with E-state index in [4.69, 9.17) is 0 Å². The number of hydrogen-bond donors (Lipinski definition) is 1. The van der Waals surface area contributed by atoms with E-state index in [1.54, 1.807) is 24.0 Å². The number of nitrogens with zero attached hydrogens (tertiary/aromatic N) is 2. The second kappa shape index (κ2) is 6.01. The summed E-state index contributed by atoms with van der Waals surface area (Å²) in [6, 6.07) is 4.78. The van der Waals surface area contributed by atoms with Crippen LogP contribution in [0.4, 0.5) is 17.6 Å². The summed E-state index contributed by atoms with van der Waals surface area (Å²) in [4.78, 5) is 19.2. The van der Waals surface area contributed by atoms with E-state index in [2.05, 4.69) is 4.98 Å². The van der Waals surface area contributed by atoms with Crippen LogP contribution in [-0.2, 0) is 25.7 Å².